The van der Waals surface area contributed by atoms with Crippen molar-refractivity contribution in [3.8, 4) is 0 Å². The maximum absolute atomic E-state index is 12.6. The Balaban J connectivity index is 1.92. The van der Waals surface area contributed by atoms with Gasteiger partial charge >= 0.3 is 6.18 Å². The van der Waals surface area contributed by atoms with Crippen molar-refractivity contribution in [2.24, 2.45) is 0 Å². The third-order valence-electron chi connectivity index (χ3n) is 3.27. The molecule has 0 saturated carbocycles. The predicted octanol–water partition coefficient (Wildman–Crippen LogP) is 2.42. The minimum atomic E-state index is -4.47. The van der Waals surface area contributed by atoms with Crippen LogP contribution in [0.5, 0.6) is 0 Å². The monoisotopic (exact) mass is 329 g/mol. The van der Waals surface area contributed by atoms with E-state index in [1.807, 2.05) is 13.8 Å². The molecule has 2 rings (SSSR count). The average Bonchev–Trinajstić information content (AvgIpc) is 3.05. The summed E-state index contributed by atoms with van der Waals surface area (Å²) in [5.74, 6) is -0.322. The van der Waals surface area contributed by atoms with E-state index in [2.05, 4.69) is 15.5 Å². The fraction of sp³-hybridized carbons (Fsp3) is 0.500. The third-order valence-corrected chi connectivity index (χ3v) is 3.27. The first kappa shape index (κ1) is 17.0. The molecule has 0 spiro atoms. The number of alkyl halides is 3. The van der Waals surface area contributed by atoms with E-state index in [1.165, 1.54) is 17.8 Å². The van der Waals surface area contributed by atoms with Crippen LogP contribution in [0.4, 0.5) is 13.2 Å². The van der Waals surface area contributed by atoms with Gasteiger partial charge in [-0.3, -0.25) is 14.2 Å². The molecule has 0 aliphatic carbocycles. The van der Waals surface area contributed by atoms with Crippen LogP contribution in [-0.4, -0.2) is 32.0 Å². The maximum Gasteiger partial charge on any atom is 0.435 e. The molecule has 2 heterocycles. The van der Waals surface area contributed by atoms with Gasteiger partial charge in [-0.05, 0) is 26.8 Å². The first-order valence-electron chi connectivity index (χ1n) is 7.12. The number of carbonyl (C=O) groups excluding carboxylic acids is 1. The summed E-state index contributed by atoms with van der Waals surface area (Å²) in [7, 11) is 0. The molecule has 0 atom stereocenters. The summed E-state index contributed by atoms with van der Waals surface area (Å²) in [4.78, 5) is 11.9. The molecular weight excluding hydrogens is 311 g/mol. The van der Waals surface area contributed by atoms with E-state index in [-0.39, 0.29) is 25.0 Å². The molecule has 1 amide bonds. The molecule has 2 aromatic heterocycles. The lowest BCUT2D eigenvalue weighted by Gasteiger charge is -2.06. The van der Waals surface area contributed by atoms with E-state index in [0.717, 1.165) is 6.07 Å². The van der Waals surface area contributed by atoms with Crippen molar-refractivity contribution in [3.63, 3.8) is 0 Å². The number of nitrogens with one attached hydrogen (secondary N) is 1. The van der Waals surface area contributed by atoms with Crippen molar-refractivity contribution in [1.29, 1.82) is 0 Å². The number of nitrogens with zero attached hydrogens (tertiary/aromatic N) is 4. The summed E-state index contributed by atoms with van der Waals surface area (Å²) in [6.45, 7) is 5.75. The Morgan fingerprint density at radius 1 is 1.39 bits per heavy atom. The van der Waals surface area contributed by atoms with Crippen molar-refractivity contribution in [1.82, 2.24) is 24.9 Å². The lowest BCUT2D eigenvalue weighted by molar-refractivity contribution is -0.141. The van der Waals surface area contributed by atoms with Crippen LogP contribution in [0.1, 0.15) is 41.6 Å². The molecule has 23 heavy (non-hydrogen) atoms. The molecule has 0 radical (unpaired) electrons. The van der Waals surface area contributed by atoms with Crippen molar-refractivity contribution in [2.75, 3.05) is 6.54 Å². The summed E-state index contributed by atoms with van der Waals surface area (Å²) in [5, 5.41) is 10.2. The largest absolute Gasteiger partial charge is 0.435 e. The fourth-order valence-corrected chi connectivity index (χ4v) is 1.99. The Morgan fingerprint density at radius 2 is 2.09 bits per heavy atom. The zero-order valence-corrected chi connectivity index (χ0v) is 13.1. The van der Waals surface area contributed by atoms with Crippen LogP contribution in [-0.2, 0) is 12.7 Å². The van der Waals surface area contributed by atoms with Crippen molar-refractivity contribution < 1.29 is 18.0 Å². The van der Waals surface area contributed by atoms with Crippen molar-refractivity contribution >= 4 is 5.91 Å². The maximum atomic E-state index is 12.6. The Hall–Kier alpha value is -2.32. The first-order valence-corrected chi connectivity index (χ1v) is 7.12. The van der Waals surface area contributed by atoms with Crippen LogP contribution in [0, 0.1) is 6.92 Å². The Kier molecular flexibility index (Phi) is 4.76. The molecule has 0 aliphatic heterocycles. The molecule has 0 saturated heterocycles. The van der Waals surface area contributed by atoms with Gasteiger partial charge in [0.15, 0.2) is 5.69 Å². The number of aryl methyl sites for hydroxylation is 1. The number of carbonyl (C=O) groups is 1. The van der Waals surface area contributed by atoms with Gasteiger partial charge in [-0.1, -0.05) is 0 Å². The SMILES string of the molecule is Cc1cc(C(F)(F)F)nn1CCNC(=O)c1cnn(C(C)C)c1. The lowest BCUT2D eigenvalue weighted by atomic mass is 10.3. The van der Waals surface area contributed by atoms with Crippen LogP contribution in [0.25, 0.3) is 0 Å². The van der Waals surface area contributed by atoms with Gasteiger partial charge in [-0.2, -0.15) is 23.4 Å². The molecule has 6 nitrogen and oxygen atoms in total. The van der Waals surface area contributed by atoms with Crippen LogP contribution < -0.4 is 5.32 Å². The van der Waals surface area contributed by atoms with Gasteiger partial charge in [0.25, 0.3) is 5.91 Å². The minimum Gasteiger partial charge on any atom is -0.350 e. The third kappa shape index (κ3) is 4.11. The van der Waals surface area contributed by atoms with E-state index in [0.29, 0.717) is 11.3 Å². The summed E-state index contributed by atoms with van der Waals surface area (Å²) in [6.07, 6.45) is -1.39. The van der Waals surface area contributed by atoms with Crippen molar-refractivity contribution in [2.45, 2.75) is 39.5 Å². The zero-order valence-electron chi connectivity index (χ0n) is 13.1. The number of amides is 1. The fourth-order valence-electron chi connectivity index (χ4n) is 1.99. The summed E-state index contributed by atoms with van der Waals surface area (Å²) in [6, 6.07) is 1.12. The smallest absolute Gasteiger partial charge is 0.350 e. The van der Waals surface area contributed by atoms with E-state index in [4.69, 9.17) is 0 Å². The quantitative estimate of drug-likeness (QED) is 0.916. The van der Waals surface area contributed by atoms with Gasteiger partial charge in [0.2, 0.25) is 0 Å². The highest BCUT2D eigenvalue weighted by Gasteiger charge is 2.34. The van der Waals surface area contributed by atoms with E-state index in [9.17, 15) is 18.0 Å². The number of aromatic nitrogens is 4. The molecule has 2 aromatic rings. The number of rotatable bonds is 5. The Bertz CT molecular complexity index is 687. The highest BCUT2D eigenvalue weighted by molar-refractivity contribution is 5.93. The molecule has 0 fully saturated rings. The standard InChI is InChI=1S/C14H18F3N5O/c1-9(2)22-8-11(7-19-22)13(23)18-4-5-21-10(3)6-12(20-21)14(15,16)17/h6-9H,4-5H2,1-3H3,(H,18,23). The second-order valence-corrected chi connectivity index (χ2v) is 5.45. The minimum absolute atomic E-state index is 0.143. The van der Waals surface area contributed by atoms with E-state index < -0.39 is 11.9 Å². The van der Waals surface area contributed by atoms with Gasteiger partial charge in [0, 0.05) is 24.5 Å². The number of hydrogen-bond donors (Lipinski definition) is 1. The molecule has 126 valence electrons. The summed E-state index contributed by atoms with van der Waals surface area (Å²) < 4.78 is 40.6. The Labute approximate surface area is 131 Å². The van der Waals surface area contributed by atoms with Crippen LogP contribution in [0.3, 0.4) is 0 Å². The molecule has 0 unspecified atom stereocenters. The topological polar surface area (TPSA) is 64.7 Å². The molecule has 0 aromatic carbocycles. The normalized spacial score (nSPS) is 12.0. The van der Waals surface area contributed by atoms with E-state index in [1.54, 1.807) is 10.9 Å². The number of halogens is 3. The van der Waals surface area contributed by atoms with Crippen LogP contribution in [0.15, 0.2) is 18.5 Å². The zero-order chi connectivity index (χ0) is 17.2. The predicted molar refractivity (Wildman–Crippen MR) is 76.9 cm³/mol. The molecule has 0 aliphatic rings. The van der Waals surface area contributed by atoms with E-state index >= 15 is 0 Å². The van der Waals surface area contributed by atoms with Crippen LogP contribution >= 0.6 is 0 Å². The van der Waals surface area contributed by atoms with Crippen LogP contribution in [0.2, 0.25) is 0 Å². The Morgan fingerprint density at radius 3 is 2.61 bits per heavy atom. The molecule has 9 heteroatoms. The highest BCUT2D eigenvalue weighted by Crippen LogP contribution is 2.28. The number of hydrogen-bond acceptors (Lipinski definition) is 3. The van der Waals surface area contributed by atoms with Gasteiger partial charge < -0.3 is 5.32 Å². The lowest BCUT2D eigenvalue weighted by Crippen LogP contribution is -2.27. The van der Waals surface area contributed by atoms with Gasteiger partial charge in [-0.25, -0.2) is 0 Å². The first-order chi connectivity index (χ1) is 10.7. The second kappa shape index (κ2) is 6.43. The van der Waals surface area contributed by atoms with Crippen molar-refractivity contribution in [3.05, 3.63) is 35.4 Å². The van der Waals surface area contributed by atoms with Gasteiger partial charge in [-0.15, -0.1) is 0 Å². The summed E-state index contributed by atoms with van der Waals surface area (Å²) >= 11 is 0. The average molecular weight is 329 g/mol. The molecular formula is C14H18F3N5O. The van der Waals surface area contributed by atoms with Gasteiger partial charge in [0.1, 0.15) is 0 Å². The highest BCUT2D eigenvalue weighted by atomic mass is 19.4. The molecule has 0 bridgehead atoms. The molecule has 1 N–H and O–H groups in total. The summed E-state index contributed by atoms with van der Waals surface area (Å²) in [5.41, 5.74) is -0.134. The second-order valence-electron chi connectivity index (χ2n) is 5.45. The van der Waals surface area contributed by atoms with Gasteiger partial charge in [0.05, 0.1) is 18.3 Å².